The molecule has 3 nitrogen and oxygen atoms in total. The van der Waals surface area contributed by atoms with E-state index in [1.165, 1.54) is 100 Å². The number of halogens is 3. The number of benzene rings is 2. The molecule has 2 aromatic carbocycles. The molecule has 0 amide bonds. The molecule has 1 fully saturated rings. The fourth-order valence-corrected chi connectivity index (χ4v) is 4.63. The molecule has 2 aromatic rings. The van der Waals surface area contributed by atoms with Gasteiger partial charge >= 0.3 is 6.36 Å². The normalized spacial score (nSPS) is 19.2. The van der Waals surface area contributed by atoms with Crippen molar-refractivity contribution in [2.75, 3.05) is 0 Å². The van der Waals surface area contributed by atoms with Crippen LogP contribution >= 0.6 is 0 Å². The largest absolute Gasteiger partial charge is 0.573 e. The minimum Gasteiger partial charge on any atom is -0.406 e. The van der Waals surface area contributed by atoms with Crippen LogP contribution in [0.25, 0.3) is 0 Å². The van der Waals surface area contributed by atoms with Crippen molar-refractivity contribution in [3.63, 3.8) is 0 Å². The molecular formula is C28H35F3N2O. The lowest BCUT2D eigenvalue weighted by molar-refractivity contribution is -0.274. The zero-order valence-electron chi connectivity index (χ0n) is 19.9. The van der Waals surface area contributed by atoms with E-state index in [9.17, 15) is 13.2 Å². The Morgan fingerprint density at radius 3 is 1.91 bits per heavy atom. The molecule has 0 bridgehead atoms. The third kappa shape index (κ3) is 9.32. The molecule has 0 N–H and O–H groups in total. The van der Waals surface area contributed by atoms with Gasteiger partial charge in [0, 0.05) is 0 Å². The van der Waals surface area contributed by atoms with Gasteiger partial charge in [0.1, 0.15) is 5.75 Å². The van der Waals surface area contributed by atoms with Crippen molar-refractivity contribution in [3.05, 3.63) is 65.2 Å². The van der Waals surface area contributed by atoms with Crippen molar-refractivity contribution >= 4 is 12.4 Å². The second kappa shape index (κ2) is 13.3. The molecule has 0 saturated heterocycles. The molecule has 0 unspecified atom stereocenters. The molecule has 3 rings (SSSR count). The van der Waals surface area contributed by atoms with Crippen molar-refractivity contribution in [1.82, 2.24) is 0 Å². The quantitative estimate of drug-likeness (QED) is 0.183. The molecule has 0 heterocycles. The summed E-state index contributed by atoms with van der Waals surface area (Å²) in [5, 5.41) is 8.04. The molecule has 0 aromatic heterocycles. The fourth-order valence-electron chi connectivity index (χ4n) is 4.63. The van der Waals surface area contributed by atoms with Gasteiger partial charge in [-0.15, -0.1) is 13.2 Å². The van der Waals surface area contributed by atoms with E-state index in [0.717, 1.165) is 11.5 Å². The van der Waals surface area contributed by atoms with Crippen LogP contribution in [0.5, 0.6) is 5.75 Å². The van der Waals surface area contributed by atoms with Crippen LogP contribution in [0, 0.1) is 5.92 Å². The molecule has 0 radical (unpaired) electrons. The van der Waals surface area contributed by atoms with E-state index in [1.54, 1.807) is 6.21 Å². The average Bonchev–Trinajstić information content (AvgIpc) is 2.83. The SMILES string of the molecule is CCCCCCCC1CCC(c2ccc(/C=N/N=C/c3ccc(OC(F)(F)F)cc3)cc2)CC1. The van der Waals surface area contributed by atoms with E-state index in [2.05, 4.69) is 46.1 Å². The van der Waals surface area contributed by atoms with Crippen LogP contribution in [0.15, 0.2) is 58.7 Å². The molecule has 34 heavy (non-hydrogen) atoms. The third-order valence-electron chi connectivity index (χ3n) is 6.56. The minimum absolute atomic E-state index is 0.260. The number of alkyl halides is 3. The predicted molar refractivity (Wildman–Crippen MR) is 133 cm³/mol. The summed E-state index contributed by atoms with van der Waals surface area (Å²) < 4.78 is 40.5. The summed E-state index contributed by atoms with van der Waals surface area (Å²) in [5.74, 6) is 1.31. The van der Waals surface area contributed by atoms with Crippen LogP contribution in [0.4, 0.5) is 13.2 Å². The molecular weight excluding hydrogens is 437 g/mol. The first-order chi connectivity index (χ1) is 16.4. The Bertz CT molecular complexity index is 897. The lowest BCUT2D eigenvalue weighted by atomic mass is 9.77. The average molecular weight is 473 g/mol. The van der Waals surface area contributed by atoms with Crippen molar-refractivity contribution in [1.29, 1.82) is 0 Å². The zero-order chi connectivity index (χ0) is 24.2. The van der Waals surface area contributed by atoms with Crippen LogP contribution < -0.4 is 4.74 Å². The number of unbranched alkanes of at least 4 members (excludes halogenated alkanes) is 4. The van der Waals surface area contributed by atoms with E-state index in [1.807, 2.05) is 0 Å². The molecule has 0 atom stereocenters. The highest BCUT2D eigenvalue weighted by molar-refractivity contribution is 5.82. The summed E-state index contributed by atoms with van der Waals surface area (Å²) in [6.45, 7) is 2.26. The first-order valence-corrected chi connectivity index (χ1v) is 12.4. The van der Waals surface area contributed by atoms with Crippen LogP contribution in [-0.4, -0.2) is 18.8 Å². The van der Waals surface area contributed by atoms with Crippen LogP contribution in [0.2, 0.25) is 0 Å². The van der Waals surface area contributed by atoms with Gasteiger partial charge in [0.15, 0.2) is 0 Å². The Morgan fingerprint density at radius 2 is 1.35 bits per heavy atom. The Hall–Kier alpha value is -2.63. The Labute approximate surface area is 201 Å². The van der Waals surface area contributed by atoms with Gasteiger partial charge in [-0.2, -0.15) is 10.2 Å². The number of nitrogens with zero attached hydrogens (tertiary/aromatic N) is 2. The van der Waals surface area contributed by atoms with E-state index in [0.29, 0.717) is 11.5 Å². The second-order valence-electron chi connectivity index (χ2n) is 9.19. The highest BCUT2D eigenvalue weighted by Crippen LogP contribution is 2.37. The molecule has 1 saturated carbocycles. The van der Waals surface area contributed by atoms with Gasteiger partial charge in [0.25, 0.3) is 0 Å². The molecule has 1 aliphatic carbocycles. The van der Waals surface area contributed by atoms with Gasteiger partial charge in [-0.1, -0.05) is 69.7 Å². The first kappa shape index (κ1) is 26.0. The van der Waals surface area contributed by atoms with E-state index in [-0.39, 0.29) is 5.75 Å². The molecule has 1 aliphatic rings. The van der Waals surface area contributed by atoms with Gasteiger partial charge in [-0.3, -0.25) is 0 Å². The monoisotopic (exact) mass is 472 g/mol. The smallest absolute Gasteiger partial charge is 0.406 e. The van der Waals surface area contributed by atoms with Crippen LogP contribution in [0.1, 0.15) is 93.7 Å². The maximum absolute atomic E-state index is 12.2. The predicted octanol–water partition coefficient (Wildman–Crippen LogP) is 8.67. The van der Waals surface area contributed by atoms with E-state index in [4.69, 9.17) is 0 Å². The van der Waals surface area contributed by atoms with Crippen molar-refractivity contribution in [2.45, 2.75) is 83.4 Å². The van der Waals surface area contributed by atoms with Gasteiger partial charge < -0.3 is 4.74 Å². The Balaban J connectivity index is 1.41. The molecule has 0 aliphatic heterocycles. The summed E-state index contributed by atoms with van der Waals surface area (Å²) in [7, 11) is 0. The Kier molecular flexibility index (Phi) is 10.2. The number of hydrogen-bond donors (Lipinski definition) is 0. The summed E-state index contributed by atoms with van der Waals surface area (Å²) >= 11 is 0. The van der Waals surface area contributed by atoms with Crippen LogP contribution in [0.3, 0.4) is 0 Å². The van der Waals surface area contributed by atoms with Gasteiger partial charge in [0.05, 0.1) is 12.4 Å². The Morgan fingerprint density at radius 1 is 0.794 bits per heavy atom. The van der Waals surface area contributed by atoms with Gasteiger partial charge in [-0.05, 0) is 78.5 Å². The highest BCUT2D eigenvalue weighted by atomic mass is 19.4. The maximum Gasteiger partial charge on any atom is 0.573 e. The van der Waals surface area contributed by atoms with Crippen molar-refractivity contribution in [3.8, 4) is 5.75 Å². The topological polar surface area (TPSA) is 34.0 Å². The van der Waals surface area contributed by atoms with Crippen LogP contribution in [-0.2, 0) is 0 Å². The standard InChI is InChI=1S/C28H35F3N2O/c1-2-3-4-5-6-7-22-8-14-25(15-9-22)26-16-10-23(11-17-26)20-32-33-21-24-12-18-27(19-13-24)34-28(29,30)31/h10-13,16-22,25H,2-9,14-15H2,1H3/b32-20+,33-21+. The zero-order valence-corrected chi connectivity index (χ0v) is 19.9. The number of rotatable bonds is 11. The summed E-state index contributed by atoms with van der Waals surface area (Å²) in [5.41, 5.74) is 3.01. The second-order valence-corrected chi connectivity index (χ2v) is 9.19. The summed E-state index contributed by atoms with van der Waals surface area (Å²) in [4.78, 5) is 0. The number of hydrogen-bond acceptors (Lipinski definition) is 3. The third-order valence-corrected chi connectivity index (χ3v) is 6.56. The van der Waals surface area contributed by atoms with Gasteiger partial charge in [-0.25, -0.2) is 0 Å². The van der Waals surface area contributed by atoms with Gasteiger partial charge in [0.2, 0.25) is 0 Å². The van der Waals surface area contributed by atoms with E-state index < -0.39 is 6.36 Å². The lowest BCUT2D eigenvalue weighted by Gasteiger charge is -2.29. The summed E-state index contributed by atoms with van der Waals surface area (Å²) in [6, 6.07) is 14.0. The molecule has 184 valence electrons. The van der Waals surface area contributed by atoms with E-state index >= 15 is 0 Å². The number of ether oxygens (including phenoxy) is 1. The fraction of sp³-hybridized carbons (Fsp3) is 0.500. The van der Waals surface area contributed by atoms with Crippen molar-refractivity contribution < 1.29 is 17.9 Å². The lowest BCUT2D eigenvalue weighted by Crippen LogP contribution is -2.16. The minimum atomic E-state index is -4.69. The molecule has 0 spiro atoms. The highest BCUT2D eigenvalue weighted by Gasteiger charge is 2.30. The summed E-state index contributed by atoms with van der Waals surface area (Å²) in [6.07, 6.45) is 12.0. The maximum atomic E-state index is 12.2. The first-order valence-electron chi connectivity index (χ1n) is 12.4. The van der Waals surface area contributed by atoms with Crippen molar-refractivity contribution in [2.24, 2.45) is 16.1 Å². The molecule has 6 heteroatoms.